The zero-order valence-corrected chi connectivity index (χ0v) is 10.9. The summed E-state index contributed by atoms with van der Waals surface area (Å²) < 4.78 is 2.10. The van der Waals surface area contributed by atoms with Gasteiger partial charge in [-0.1, -0.05) is 11.3 Å². The molecular weight excluding hydrogens is 256 g/mol. The van der Waals surface area contributed by atoms with E-state index in [1.165, 1.54) is 11.3 Å². The molecule has 0 N–H and O–H groups in total. The van der Waals surface area contributed by atoms with Gasteiger partial charge in [0.25, 0.3) is 0 Å². The van der Waals surface area contributed by atoms with Crippen LogP contribution in [0.4, 0.5) is 0 Å². The van der Waals surface area contributed by atoms with Crippen molar-refractivity contribution in [1.82, 2.24) is 19.5 Å². The number of aromatic nitrogens is 4. The molecule has 0 bridgehead atoms. The first kappa shape index (κ1) is 10.7. The Morgan fingerprint density at radius 2 is 1.88 bits per heavy atom. The molecule has 0 aliphatic heterocycles. The molecule has 0 fully saturated rings. The minimum absolute atomic E-state index is 0.258. The Hall–Kier alpha value is -1.46. The fraction of sp³-hybridized carbons (Fsp3) is 0.182. The highest BCUT2D eigenvalue weighted by Gasteiger charge is 2.11. The van der Waals surface area contributed by atoms with E-state index in [4.69, 9.17) is 11.6 Å². The van der Waals surface area contributed by atoms with E-state index in [-0.39, 0.29) is 5.28 Å². The summed E-state index contributed by atoms with van der Waals surface area (Å²) in [5, 5.41) is 1.16. The molecule has 4 nitrogen and oxygen atoms in total. The molecule has 0 radical (unpaired) electrons. The van der Waals surface area contributed by atoms with Crippen LogP contribution in [0.25, 0.3) is 15.5 Å². The molecule has 3 aromatic rings. The Morgan fingerprint density at radius 3 is 2.59 bits per heavy atom. The van der Waals surface area contributed by atoms with E-state index in [9.17, 15) is 0 Å². The molecule has 0 saturated carbocycles. The van der Waals surface area contributed by atoms with Crippen molar-refractivity contribution in [2.45, 2.75) is 13.8 Å². The van der Waals surface area contributed by atoms with Crippen LogP contribution in [-0.2, 0) is 0 Å². The van der Waals surface area contributed by atoms with Gasteiger partial charge < -0.3 is 0 Å². The fourth-order valence-electron chi connectivity index (χ4n) is 1.77. The Labute approximate surface area is 107 Å². The van der Waals surface area contributed by atoms with Crippen molar-refractivity contribution in [3.8, 4) is 5.13 Å². The van der Waals surface area contributed by atoms with Crippen LogP contribution >= 0.6 is 22.9 Å². The van der Waals surface area contributed by atoms with Gasteiger partial charge >= 0.3 is 0 Å². The van der Waals surface area contributed by atoms with E-state index in [0.29, 0.717) is 0 Å². The number of halogens is 1. The Morgan fingerprint density at radius 1 is 1.18 bits per heavy atom. The minimum atomic E-state index is 0.258. The van der Waals surface area contributed by atoms with Crippen LogP contribution in [0.15, 0.2) is 18.3 Å². The first-order valence-corrected chi connectivity index (χ1v) is 6.29. The van der Waals surface area contributed by atoms with Gasteiger partial charge in [-0.25, -0.2) is 15.0 Å². The van der Waals surface area contributed by atoms with Gasteiger partial charge in [-0.2, -0.15) is 0 Å². The van der Waals surface area contributed by atoms with Gasteiger partial charge in [0.15, 0.2) is 5.13 Å². The lowest BCUT2D eigenvalue weighted by atomic mass is 10.5. The molecule has 0 spiro atoms. The van der Waals surface area contributed by atoms with Crippen LogP contribution in [0.1, 0.15) is 11.4 Å². The van der Waals surface area contributed by atoms with E-state index in [1.54, 1.807) is 6.20 Å². The van der Waals surface area contributed by atoms with Crippen LogP contribution in [0, 0.1) is 13.8 Å². The number of hydrogen-bond acceptors (Lipinski definition) is 4. The molecule has 17 heavy (non-hydrogen) atoms. The third-order valence-electron chi connectivity index (χ3n) is 2.57. The number of hydrogen-bond donors (Lipinski definition) is 0. The molecule has 0 aromatic carbocycles. The van der Waals surface area contributed by atoms with Crippen LogP contribution in [0.3, 0.4) is 0 Å². The SMILES string of the molecule is Cc1ccc(C)n1-c1nc2cnc(Cl)nc2s1. The van der Waals surface area contributed by atoms with Crippen LogP contribution in [0.5, 0.6) is 0 Å². The largest absolute Gasteiger partial charge is 0.295 e. The fourth-order valence-corrected chi connectivity index (χ4v) is 2.98. The minimum Gasteiger partial charge on any atom is -0.295 e. The third kappa shape index (κ3) is 1.71. The Kier molecular flexibility index (Phi) is 2.38. The number of nitrogens with zero attached hydrogens (tertiary/aromatic N) is 4. The lowest BCUT2D eigenvalue weighted by Gasteiger charge is -2.03. The summed E-state index contributed by atoms with van der Waals surface area (Å²) >= 11 is 7.28. The average molecular weight is 265 g/mol. The molecule has 0 unspecified atom stereocenters. The summed E-state index contributed by atoms with van der Waals surface area (Å²) in [7, 11) is 0. The van der Waals surface area contributed by atoms with Crippen molar-refractivity contribution in [2.24, 2.45) is 0 Å². The first-order valence-electron chi connectivity index (χ1n) is 5.09. The number of fused-ring (bicyclic) bond motifs is 1. The van der Waals surface area contributed by atoms with Gasteiger partial charge in [-0.3, -0.25) is 4.57 Å². The van der Waals surface area contributed by atoms with E-state index in [1.807, 2.05) is 0 Å². The van der Waals surface area contributed by atoms with Crippen molar-refractivity contribution in [3.63, 3.8) is 0 Å². The highest BCUT2D eigenvalue weighted by Crippen LogP contribution is 2.26. The maximum absolute atomic E-state index is 5.77. The molecule has 3 aromatic heterocycles. The molecule has 0 amide bonds. The smallest absolute Gasteiger partial charge is 0.223 e. The van der Waals surface area contributed by atoms with Crippen LogP contribution in [0.2, 0.25) is 5.28 Å². The predicted octanol–water partition coefficient (Wildman–Crippen LogP) is 3.15. The summed E-state index contributed by atoms with van der Waals surface area (Å²) in [5.41, 5.74) is 3.09. The molecule has 86 valence electrons. The third-order valence-corrected chi connectivity index (χ3v) is 3.71. The Bertz CT molecular complexity index is 681. The quantitative estimate of drug-likeness (QED) is 0.634. The lowest BCUT2D eigenvalue weighted by molar-refractivity contribution is 0.954. The zero-order chi connectivity index (χ0) is 12.0. The van der Waals surface area contributed by atoms with Crippen molar-refractivity contribution in [3.05, 3.63) is 35.0 Å². The van der Waals surface area contributed by atoms with Gasteiger partial charge in [-0.05, 0) is 37.6 Å². The van der Waals surface area contributed by atoms with E-state index >= 15 is 0 Å². The lowest BCUT2D eigenvalue weighted by Crippen LogP contribution is -1.97. The summed E-state index contributed by atoms with van der Waals surface area (Å²) in [6, 6.07) is 4.14. The van der Waals surface area contributed by atoms with Crippen molar-refractivity contribution in [2.75, 3.05) is 0 Å². The van der Waals surface area contributed by atoms with Gasteiger partial charge in [0.1, 0.15) is 10.3 Å². The highest BCUT2D eigenvalue weighted by atomic mass is 35.5. The van der Waals surface area contributed by atoms with Gasteiger partial charge in [0, 0.05) is 11.4 Å². The topological polar surface area (TPSA) is 43.6 Å². The maximum Gasteiger partial charge on any atom is 0.223 e. The molecule has 3 rings (SSSR count). The highest BCUT2D eigenvalue weighted by molar-refractivity contribution is 7.20. The molecule has 3 heterocycles. The molecule has 6 heteroatoms. The van der Waals surface area contributed by atoms with Crippen molar-refractivity contribution < 1.29 is 0 Å². The van der Waals surface area contributed by atoms with E-state index in [2.05, 4.69) is 45.5 Å². The van der Waals surface area contributed by atoms with Gasteiger partial charge in [0.05, 0.1) is 6.20 Å². The molecule has 0 saturated heterocycles. The number of thiazole rings is 1. The van der Waals surface area contributed by atoms with E-state index in [0.717, 1.165) is 26.9 Å². The maximum atomic E-state index is 5.77. The second-order valence-electron chi connectivity index (χ2n) is 3.78. The summed E-state index contributed by atoms with van der Waals surface area (Å²) in [6.07, 6.45) is 1.65. The molecule has 0 aliphatic carbocycles. The zero-order valence-electron chi connectivity index (χ0n) is 9.31. The first-order chi connectivity index (χ1) is 8.15. The van der Waals surface area contributed by atoms with Gasteiger partial charge in [0.2, 0.25) is 5.28 Å². The Balaban J connectivity index is 2.25. The summed E-state index contributed by atoms with van der Waals surface area (Å²) in [5.74, 6) is 0. The second-order valence-corrected chi connectivity index (χ2v) is 5.07. The monoisotopic (exact) mass is 264 g/mol. The number of aryl methyl sites for hydroxylation is 2. The average Bonchev–Trinajstić information content (AvgIpc) is 2.81. The standard InChI is InChI=1S/C11H9ClN4S/c1-6-3-4-7(2)16(6)11-14-8-5-13-10(12)15-9(8)17-11/h3-5H,1-2H3. The predicted molar refractivity (Wildman–Crippen MR) is 69.0 cm³/mol. The van der Waals surface area contributed by atoms with Gasteiger partial charge in [-0.15, -0.1) is 0 Å². The van der Waals surface area contributed by atoms with Crippen LogP contribution in [-0.4, -0.2) is 19.5 Å². The molecule has 0 atom stereocenters. The normalized spacial score (nSPS) is 11.2. The molecule has 0 aliphatic rings. The van der Waals surface area contributed by atoms with Crippen molar-refractivity contribution in [1.29, 1.82) is 0 Å². The summed E-state index contributed by atoms with van der Waals surface area (Å²) in [4.78, 5) is 13.4. The molecular formula is C11H9ClN4S. The van der Waals surface area contributed by atoms with E-state index < -0.39 is 0 Å². The van der Waals surface area contributed by atoms with Crippen LogP contribution < -0.4 is 0 Å². The second kappa shape index (κ2) is 3.78. The number of rotatable bonds is 1. The van der Waals surface area contributed by atoms with Crippen molar-refractivity contribution >= 4 is 33.3 Å². The summed E-state index contributed by atoms with van der Waals surface area (Å²) in [6.45, 7) is 4.11.